The number of carboxylic acid groups (broad SMARTS) is 1. The molecule has 0 aromatic heterocycles. The van der Waals surface area contributed by atoms with Crippen LogP contribution in [0.3, 0.4) is 0 Å². The van der Waals surface area contributed by atoms with Gasteiger partial charge in [0.25, 0.3) is 0 Å². The first kappa shape index (κ1) is 17.4. The maximum atomic E-state index is 12.6. The number of hydrogen-bond donors (Lipinski definition) is 2. The molecule has 0 aliphatic carbocycles. The summed E-state index contributed by atoms with van der Waals surface area (Å²) in [4.78, 5) is 37.3. The van der Waals surface area contributed by atoms with Crippen molar-refractivity contribution in [1.29, 1.82) is 0 Å². The van der Waals surface area contributed by atoms with E-state index in [-0.39, 0.29) is 18.0 Å². The second kappa shape index (κ2) is 7.23. The standard InChI is InChI=1S/C18H22N2O5/c1-11(16(21)20-9-5-8-14(20)17(22)23)19-13-10-15(25-18(13)24)12-6-3-2-4-7-12/h2-4,6-7,11,13-15,19H,5,8-10H2,1H3,(H,22,23)/t11-,13-,14-,15+/m0/s1. The normalized spacial score (nSPS) is 27.2. The van der Waals surface area contributed by atoms with Crippen LogP contribution in [-0.2, 0) is 19.1 Å². The molecule has 2 aliphatic heterocycles. The molecule has 0 bridgehead atoms. The van der Waals surface area contributed by atoms with Gasteiger partial charge in [-0.2, -0.15) is 0 Å². The van der Waals surface area contributed by atoms with E-state index in [1.807, 2.05) is 30.3 Å². The van der Waals surface area contributed by atoms with Crippen LogP contribution >= 0.6 is 0 Å². The molecule has 0 radical (unpaired) electrons. The summed E-state index contributed by atoms with van der Waals surface area (Å²) < 4.78 is 5.41. The van der Waals surface area contributed by atoms with Crippen molar-refractivity contribution in [2.45, 2.75) is 50.4 Å². The van der Waals surface area contributed by atoms with Crippen molar-refractivity contribution in [3.05, 3.63) is 35.9 Å². The average molecular weight is 346 g/mol. The summed E-state index contributed by atoms with van der Waals surface area (Å²) in [5.74, 6) is -1.66. The molecule has 2 saturated heterocycles. The number of carbonyl (C=O) groups excluding carboxylic acids is 2. The molecule has 7 heteroatoms. The molecule has 0 saturated carbocycles. The van der Waals surface area contributed by atoms with Gasteiger partial charge in [0.15, 0.2) is 0 Å². The number of nitrogens with zero attached hydrogens (tertiary/aromatic N) is 1. The molecule has 1 aromatic rings. The van der Waals surface area contributed by atoms with E-state index in [1.54, 1.807) is 6.92 Å². The van der Waals surface area contributed by atoms with E-state index >= 15 is 0 Å². The predicted molar refractivity (Wildman–Crippen MR) is 88.6 cm³/mol. The van der Waals surface area contributed by atoms with Crippen molar-refractivity contribution in [3.8, 4) is 0 Å². The van der Waals surface area contributed by atoms with Gasteiger partial charge in [-0.3, -0.25) is 14.9 Å². The van der Waals surface area contributed by atoms with Crippen LogP contribution in [0.1, 0.15) is 37.9 Å². The first-order chi connectivity index (χ1) is 12.0. The quantitative estimate of drug-likeness (QED) is 0.775. The lowest BCUT2D eigenvalue weighted by molar-refractivity contribution is -0.149. The maximum Gasteiger partial charge on any atom is 0.326 e. The molecule has 1 aromatic carbocycles. The van der Waals surface area contributed by atoms with E-state index in [2.05, 4.69) is 5.32 Å². The fraction of sp³-hybridized carbons (Fsp3) is 0.500. The van der Waals surface area contributed by atoms with Crippen molar-refractivity contribution in [1.82, 2.24) is 10.2 Å². The molecule has 2 aliphatic rings. The highest BCUT2D eigenvalue weighted by molar-refractivity contribution is 5.88. The lowest BCUT2D eigenvalue weighted by atomic mass is 10.0. The van der Waals surface area contributed by atoms with Gasteiger partial charge >= 0.3 is 11.9 Å². The van der Waals surface area contributed by atoms with E-state index < -0.39 is 24.1 Å². The monoisotopic (exact) mass is 346 g/mol. The third-order valence-electron chi connectivity index (χ3n) is 4.81. The Morgan fingerprint density at radius 2 is 2.04 bits per heavy atom. The van der Waals surface area contributed by atoms with Crippen LogP contribution in [0, 0.1) is 0 Å². The smallest absolute Gasteiger partial charge is 0.326 e. The molecular weight excluding hydrogens is 324 g/mol. The Morgan fingerprint density at radius 1 is 1.32 bits per heavy atom. The molecule has 0 unspecified atom stereocenters. The van der Waals surface area contributed by atoms with Crippen molar-refractivity contribution < 1.29 is 24.2 Å². The highest BCUT2D eigenvalue weighted by atomic mass is 16.6. The molecule has 0 spiro atoms. The van der Waals surface area contributed by atoms with Gasteiger partial charge in [0.05, 0.1) is 6.04 Å². The minimum atomic E-state index is -0.984. The van der Waals surface area contributed by atoms with E-state index in [0.29, 0.717) is 25.8 Å². The zero-order valence-corrected chi connectivity index (χ0v) is 14.1. The fourth-order valence-electron chi connectivity index (χ4n) is 3.50. The second-order valence-corrected chi connectivity index (χ2v) is 6.54. The number of hydrogen-bond acceptors (Lipinski definition) is 5. The molecule has 134 valence electrons. The molecule has 7 nitrogen and oxygen atoms in total. The minimum Gasteiger partial charge on any atom is -0.480 e. The molecule has 3 rings (SSSR count). The number of benzene rings is 1. The Kier molecular flexibility index (Phi) is 5.03. The molecule has 4 atom stereocenters. The third-order valence-corrected chi connectivity index (χ3v) is 4.81. The maximum absolute atomic E-state index is 12.6. The Bertz CT molecular complexity index is 663. The summed E-state index contributed by atoms with van der Waals surface area (Å²) in [6.45, 7) is 2.09. The Balaban J connectivity index is 1.61. The van der Waals surface area contributed by atoms with Crippen LogP contribution in [0.25, 0.3) is 0 Å². The Hall–Kier alpha value is -2.41. The molecule has 2 heterocycles. The topological polar surface area (TPSA) is 95.9 Å². The SMILES string of the molecule is C[C@H](N[C@H]1C[C@H](c2ccccc2)OC1=O)C(=O)N1CCC[C@H]1C(=O)O. The number of carbonyl (C=O) groups is 3. The predicted octanol–water partition coefficient (Wildman–Crippen LogP) is 1.10. The third kappa shape index (κ3) is 3.66. The zero-order valence-electron chi connectivity index (χ0n) is 14.1. The molecular formula is C18H22N2O5. The minimum absolute atomic E-state index is 0.291. The van der Waals surface area contributed by atoms with E-state index in [0.717, 1.165) is 5.56 Å². The summed E-state index contributed by atoms with van der Waals surface area (Å²) in [6, 6.07) is 7.47. The number of cyclic esters (lactones) is 1. The average Bonchev–Trinajstić information content (AvgIpc) is 3.22. The van der Waals surface area contributed by atoms with E-state index in [4.69, 9.17) is 4.74 Å². The lowest BCUT2D eigenvalue weighted by Gasteiger charge is -2.26. The van der Waals surface area contributed by atoms with E-state index in [1.165, 1.54) is 4.90 Å². The van der Waals surface area contributed by atoms with Crippen molar-refractivity contribution in [2.75, 3.05) is 6.54 Å². The number of amides is 1. The first-order valence-corrected chi connectivity index (χ1v) is 8.52. The number of rotatable bonds is 5. The van der Waals surface area contributed by atoms with Gasteiger partial charge in [-0.1, -0.05) is 30.3 Å². The Labute approximate surface area is 146 Å². The number of nitrogens with one attached hydrogen (secondary N) is 1. The van der Waals surface area contributed by atoms with Gasteiger partial charge < -0.3 is 14.7 Å². The van der Waals surface area contributed by atoms with Crippen LogP contribution in [0.15, 0.2) is 30.3 Å². The number of carboxylic acids is 1. The molecule has 25 heavy (non-hydrogen) atoms. The highest BCUT2D eigenvalue weighted by Gasteiger charge is 2.40. The fourth-order valence-corrected chi connectivity index (χ4v) is 3.50. The van der Waals surface area contributed by atoms with Crippen molar-refractivity contribution >= 4 is 17.8 Å². The number of esters is 1. The first-order valence-electron chi connectivity index (χ1n) is 8.52. The van der Waals surface area contributed by atoms with Crippen LogP contribution in [0.2, 0.25) is 0 Å². The Morgan fingerprint density at radius 3 is 2.72 bits per heavy atom. The molecule has 2 N–H and O–H groups in total. The van der Waals surface area contributed by atoms with Gasteiger partial charge in [0.1, 0.15) is 18.2 Å². The number of likely N-dealkylation sites (tertiary alicyclic amines) is 1. The summed E-state index contributed by atoms with van der Waals surface area (Å²) in [5.41, 5.74) is 0.921. The zero-order chi connectivity index (χ0) is 18.0. The van der Waals surface area contributed by atoms with Gasteiger partial charge in [0.2, 0.25) is 5.91 Å². The number of aliphatic carboxylic acids is 1. The number of ether oxygens (including phenoxy) is 1. The van der Waals surface area contributed by atoms with Gasteiger partial charge in [0, 0.05) is 13.0 Å². The van der Waals surface area contributed by atoms with Crippen LogP contribution < -0.4 is 5.32 Å². The molecule has 1 amide bonds. The van der Waals surface area contributed by atoms with Gasteiger partial charge in [-0.15, -0.1) is 0 Å². The van der Waals surface area contributed by atoms with Crippen LogP contribution in [-0.4, -0.2) is 52.5 Å². The van der Waals surface area contributed by atoms with Crippen LogP contribution in [0.5, 0.6) is 0 Å². The summed E-state index contributed by atoms with van der Waals surface area (Å²) in [5, 5.41) is 12.2. The lowest BCUT2D eigenvalue weighted by Crippen LogP contribution is -2.52. The summed E-state index contributed by atoms with van der Waals surface area (Å²) in [6.07, 6.45) is 1.27. The van der Waals surface area contributed by atoms with Crippen molar-refractivity contribution in [3.63, 3.8) is 0 Å². The van der Waals surface area contributed by atoms with E-state index in [9.17, 15) is 19.5 Å². The van der Waals surface area contributed by atoms with Gasteiger partial charge in [-0.05, 0) is 25.3 Å². The largest absolute Gasteiger partial charge is 0.480 e. The summed E-state index contributed by atoms with van der Waals surface area (Å²) >= 11 is 0. The highest BCUT2D eigenvalue weighted by Crippen LogP contribution is 2.30. The van der Waals surface area contributed by atoms with Crippen LogP contribution in [0.4, 0.5) is 0 Å². The summed E-state index contributed by atoms with van der Waals surface area (Å²) in [7, 11) is 0. The van der Waals surface area contributed by atoms with Gasteiger partial charge in [-0.25, -0.2) is 4.79 Å². The second-order valence-electron chi connectivity index (χ2n) is 6.54. The van der Waals surface area contributed by atoms with Crippen molar-refractivity contribution in [2.24, 2.45) is 0 Å². The molecule has 2 fully saturated rings.